The van der Waals surface area contributed by atoms with Gasteiger partial charge in [0.25, 0.3) is 0 Å². The van der Waals surface area contributed by atoms with E-state index in [2.05, 4.69) is 29.2 Å². The van der Waals surface area contributed by atoms with Gasteiger partial charge in [0.2, 0.25) is 0 Å². The maximum atomic E-state index is 4.72. The predicted molar refractivity (Wildman–Crippen MR) is 79.3 cm³/mol. The standard InChI is InChI=1S/C15H26N4/c1-3-16-10-13-11-17-12-15(18-13)19(2)14-8-6-4-5-7-9-14/h11-12,14,16H,3-10H2,1-2H3. The van der Waals surface area contributed by atoms with Crippen LogP contribution in [0.5, 0.6) is 0 Å². The van der Waals surface area contributed by atoms with Crippen molar-refractivity contribution in [1.29, 1.82) is 0 Å². The molecule has 0 unspecified atom stereocenters. The summed E-state index contributed by atoms with van der Waals surface area (Å²) in [5, 5.41) is 3.30. The summed E-state index contributed by atoms with van der Waals surface area (Å²) in [6, 6.07) is 0.631. The average Bonchev–Trinajstić information content (AvgIpc) is 2.73. The summed E-state index contributed by atoms with van der Waals surface area (Å²) in [6.07, 6.45) is 11.8. The molecule has 0 spiro atoms. The molecule has 0 amide bonds. The summed E-state index contributed by atoms with van der Waals surface area (Å²) in [4.78, 5) is 11.4. The molecule has 0 bridgehead atoms. The van der Waals surface area contributed by atoms with Crippen molar-refractivity contribution in [1.82, 2.24) is 15.3 Å². The molecule has 1 aliphatic carbocycles. The van der Waals surface area contributed by atoms with Gasteiger partial charge in [-0.05, 0) is 19.4 Å². The quantitative estimate of drug-likeness (QED) is 0.828. The van der Waals surface area contributed by atoms with Gasteiger partial charge < -0.3 is 10.2 Å². The minimum absolute atomic E-state index is 0.631. The number of hydrogen-bond acceptors (Lipinski definition) is 4. The predicted octanol–water partition coefficient (Wildman–Crippen LogP) is 2.75. The van der Waals surface area contributed by atoms with Gasteiger partial charge in [0, 0.05) is 25.8 Å². The van der Waals surface area contributed by atoms with Gasteiger partial charge in [-0.25, -0.2) is 4.98 Å². The van der Waals surface area contributed by atoms with E-state index >= 15 is 0 Å². The van der Waals surface area contributed by atoms with E-state index in [9.17, 15) is 0 Å². The first kappa shape index (κ1) is 14.3. The van der Waals surface area contributed by atoms with Crippen molar-refractivity contribution in [2.75, 3.05) is 18.5 Å². The molecule has 1 saturated carbocycles. The highest BCUT2D eigenvalue weighted by atomic mass is 15.2. The lowest BCUT2D eigenvalue weighted by Crippen LogP contribution is -2.32. The average molecular weight is 262 g/mol. The Morgan fingerprint density at radius 3 is 2.63 bits per heavy atom. The normalized spacial score (nSPS) is 17.2. The highest BCUT2D eigenvalue weighted by molar-refractivity contribution is 5.36. The van der Waals surface area contributed by atoms with Gasteiger partial charge in [-0.3, -0.25) is 4.98 Å². The molecular weight excluding hydrogens is 236 g/mol. The summed E-state index contributed by atoms with van der Waals surface area (Å²) in [5.74, 6) is 1.02. The SMILES string of the molecule is CCNCc1cncc(N(C)C2CCCCCC2)n1. The van der Waals surface area contributed by atoms with E-state index in [1.807, 2.05) is 12.4 Å². The second-order valence-corrected chi connectivity index (χ2v) is 5.41. The molecule has 106 valence electrons. The van der Waals surface area contributed by atoms with Gasteiger partial charge in [0.1, 0.15) is 5.82 Å². The van der Waals surface area contributed by atoms with Gasteiger partial charge >= 0.3 is 0 Å². The van der Waals surface area contributed by atoms with Crippen molar-refractivity contribution >= 4 is 5.82 Å². The van der Waals surface area contributed by atoms with E-state index in [1.54, 1.807) is 0 Å². The van der Waals surface area contributed by atoms with Crippen molar-refractivity contribution in [3.05, 3.63) is 18.1 Å². The van der Waals surface area contributed by atoms with Crippen LogP contribution in [0.4, 0.5) is 5.82 Å². The van der Waals surface area contributed by atoms with Crippen LogP contribution in [0.25, 0.3) is 0 Å². The second-order valence-electron chi connectivity index (χ2n) is 5.41. The molecule has 1 aliphatic rings. The fraction of sp³-hybridized carbons (Fsp3) is 0.733. The molecule has 1 fully saturated rings. The molecule has 0 atom stereocenters. The number of hydrogen-bond donors (Lipinski definition) is 1. The number of nitrogens with zero attached hydrogens (tertiary/aromatic N) is 3. The molecule has 2 rings (SSSR count). The third kappa shape index (κ3) is 4.16. The molecule has 4 nitrogen and oxygen atoms in total. The number of rotatable bonds is 5. The lowest BCUT2D eigenvalue weighted by Gasteiger charge is -2.28. The van der Waals surface area contributed by atoms with Crippen LogP contribution in [0.1, 0.15) is 51.1 Å². The lowest BCUT2D eigenvalue weighted by molar-refractivity contribution is 0.547. The molecule has 4 heteroatoms. The Bertz CT molecular complexity index is 372. The third-order valence-corrected chi connectivity index (χ3v) is 3.96. The molecule has 1 N–H and O–H groups in total. The summed E-state index contributed by atoms with van der Waals surface area (Å²) in [7, 11) is 2.16. The lowest BCUT2D eigenvalue weighted by atomic mass is 10.1. The van der Waals surface area contributed by atoms with Crippen molar-refractivity contribution in [2.24, 2.45) is 0 Å². The van der Waals surface area contributed by atoms with E-state index in [1.165, 1.54) is 38.5 Å². The summed E-state index contributed by atoms with van der Waals surface area (Å²) in [5.41, 5.74) is 1.03. The Labute approximate surface area is 116 Å². The Hall–Kier alpha value is -1.16. The van der Waals surface area contributed by atoms with Gasteiger partial charge in [-0.15, -0.1) is 0 Å². The van der Waals surface area contributed by atoms with E-state index in [-0.39, 0.29) is 0 Å². The second kappa shape index (κ2) is 7.43. The third-order valence-electron chi connectivity index (χ3n) is 3.96. The Morgan fingerprint density at radius 2 is 1.95 bits per heavy atom. The maximum absolute atomic E-state index is 4.72. The number of nitrogens with one attached hydrogen (secondary N) is 1. The molecule has 0 radical (unpaired) electrons. The fourth-order valence-corrected chi connectivity index (χ4v) is 2.74. The van der Waals surface area contributed by atoms with Crippen LogP contribution in [-0.4, -0.2) is 29.6 Å². The Balaban J connectivity index is 2.02. The van der Waals surface area contributed by atoms with Crippen molar-refractivity contribution in [3.8, 4) is 0 Å². The van der Waals surface area contributed by atoms with Crippen molar-refractivity contribution in [3.63, 3.8) is 0 Å². The monoisotopic (exact) mass is 262 g/mol. The van der Waals surface area contributed by atoms with Crippen LogP contribution in [-0.2, 0) is 6.54 Å². The van der Waals surface area contributed by atoms with E-state index < -0.39 is 0 Å². The van der Waals surface area contributed by atoms with E-state index in [4.69, 9.17) is 4.98 Å². The smallest absolute Gasteiger partial charge is 0.147 e. The molecule has 1 aromatic heterocycles. The highest BCUT2D eigenvalue weighted by Crippen LogP contribution is 2.24. The van der Waals surface area contributed by atoms with Crippen LogP contribution in [0.15, 0.2) is 12.4 Å². The Kier molecular flexibility index (Phi) is 5.58. The van der Waals surface area contributed by atoms with Gasteiger partial charge in [0.05, 0.1) is 11.9 Å². The fourth-order valence-electron chi connectivity index (χ4n) is 2.74. The molecule has 19 heavy (non-hydrogen) atoms. The molecule has 0 saturated heterocycles. The van der Waals surface area contributed by atoms with E-state index in [0.29, 0.717) is 6.04 Å². The van der Waals surface area contributed by atoms with Gasteiger partial charge in [0.15, 0.2) is 0 Å². The maximum Gasteiger partial charge on any atom is 0.147 e. The minimum atomic E-state index is 0.631. The topological polar surface area (TPSA) is 41.1 Å². The van der Waals surface area contributed by atoms with Gasteiger partial charge in [-0.1, -0.05) is 32.6 Å². The van der Waals surface area contributed by atoms with Crippen molar-refractivity contribution in [2.45, 2.75) is 58.0 Å². The molecule has 0 aromatic carbocycles. The van der Waals surface area contributed by atoms with Crippen LogP contribution < -0.4 is 10.2 Å². The first-order chi connectivity index (χ1) is 9.31. The zero-order chi connectivity index (χ0) is 13.5. The summed E-state index contributed by atoms with van der Waals surface area (Å²) < 4.78 is 0. The molecule has 1 heterocycles. The Morgan fingerprint density at radius 1 is 1.21 bits per heavy atom. The minimum Gasteiger partial charge on any atom is -0.355 e. The zero-order valence-electron chi connectivity index (χ0n) is 12.2. The zero-order valence-corrected chi connectivity index (χ0v) is 12.2. The highest BCUT2D eigenvalue weighted by Gasteiger charge is 2.18. The van der Waals surface area contributed by atoms with Crippen LogP contribution in [0.2, 0.25) is 0 Å². The molecule has 1 aromatic rings. The largest absolute Gasteiger partial charge is 0.355 e. The molecule has 0 aliphatic heterocycles. The van der Waals surface area contributed by atoms with Crippen LogP contribution >= 0.6 is 0 Å². The van der Waals surface area contributed by atoms with Crippen molar-refractivity contribution < 1.29 is 0 Å². The summed E-state index contributed by atoms with van der Waals surface area (Å²) in [6.45, 7) is 3.87. The number of anilines is 1. The molecular formula is C15H26N4. The van der Waals surface area contributed by atoms with Gasteiger partial charge in [-0.2, -0.15) is 0 Å². The van der Waals surface area contributed by atoms with Crippen LogP contribution in [0.3, 0.4) is 0 Å². The first-order valence-corrected chi connectivity index (χ1v) is 7.55. The van der Waals surface area contributed by atoms with Crippen LogP contribution in [0, 0.1) is 0 Å². The summed E-state index contributed by atoms with van der Waals surface area (Å²) >= 11 is 0. The number of aromatic nitrogens is 2. The first-order valence-electron chi connectivity index (χ1n) is 7.55. The van der Waals surface area contributed by atoms with E-state index in [0.717, 1.165) is 24.6 Å².